The van der Waals surface area contributed by atoms with Crippen LogP contribution in [0.1, 0.15) is 36.0 Å². The van der Waals surface area contributed by atoms with Crippen LogP contribution in [-0.4, -0.2) is 50.3 Å². The van der Waals surface area contributed by atoms with Crippen molar-refractivity contribution in [2.24, 2.45) is 0 Å². The minimum absolute atomic E-state index is 0.161. The predicted molar refractivity (Wildman–Crippen MR) is 89.0 cm³/mol. The van der Waals surface area contributed by atoms with Crippen LogP contribution < -0.4 is 10.9 Å². The summed E-state index contributed by atoms with van der Waals surface area (Å²) in [6.07, 6.45) is 2.64. The Bertz CT molecular complexity index is 736. The molecule has 1 aromatic rings. The molecule has 0 spiro atoms. The summed E-state index contributed by atoms with van der Waals surface area (Å²) in [6, 6.07) is 5.67. The summed E-state index contributed by atoms with van der Waals surface area (Å²) in [5.41, 5.74) is 4.89. The number of amides is 2. The van der Waals surface area contributed by atoms with Gasteiger partial charge in [0.15, 0.2) is 0 Å². The van der Waals surface area contributed by atoms with E-state index in [1.165, 1.54) is 28.6 Å². The van der Waals surface area contributed by atoms with E-state index in [1.807, 2.05) is 0 Å². The van der Waals surface area contributed by atoms with Crippen LogP contribution in [0.15, 0.2) is 29.2 Å². The molecule has 2 heterocycles. The Labute approximate surface area is 146 Å². The molecule has 1 atom stereocenters. The van der Waals surface area contributed by atoms with Gasteiger partial charge in [-0.1, -0.05) is 0 Å². The molecule has 2 fully saturated rings. The van der Waals surface area contributed by atoms with Gasteiger partial charge in [-0.15, -0.1) is 0 Å². The van der Waals surface area contributed by atoms with E-state index in [1.54, 1.807) is 0 Å². The van der Waals surface area contributed by atoms with Gasteiger partial charge in [-0.25, -0.2) is 8.42 Å². The number of rotatable bonds is 4. The average Bonchev–Trinajstić information content (AvgIpc) is 3.33. The summed E-state index contributed by atoms with van der Waals surface area (Å²) >= 11 is 0. The molecule has 0 aromatic heterocycles. The lowest BCUT2D eigenvalue weighted by Crippen LogP contribution is -2.46. The Balaban J connectivity index is 1.59. The van der Waals surface area contributed by atoms with Crippen LogP contribution in [0.25, 0.3) is 0 Å². The molecule has 2 N–H and O–H groups in total. The zero-order chi connectivity index (χ0) is 17.9. The number of carbonyl (C=O) groups excluding carboxylic acids is 2. The molecule has 0 radical (unpaired) electrons. The van der Waals surface area contributed by atoms with E-state index in [2.05, 4.69) is 10.9 Å². The highest BCUT2D eigenvalue weighted by Gasteiger charge is 2.27. The molecular formula is C16H21N3O5S. The number of hydrogen-bond donors (Lipinski definition) is 2. The third-order valence-electron chi connectivity index (χ3n) is 4.34. The van der Waals surface area contributed by atoms with Gasteiger partial charge in [0, 0.05) is 25.3 Å². The van der Waals surface area contributed by atoms with Gasteiger partial charge in [-0.2, -0.15) is 4.31 Å². The largest absolute Gasteiger partial charge is 0.368 e. The van der Waals surface area contributed by atoms with Gasteiger partial charge in [-0.05, 0) is 49.9 Å². The van der Waals surface area contributed by atoms with Crippen molar-refractivity contribution in [3.05, 3.63) is 29.8 Å². The zero-order valence-electron chi connectivity index (χ0n) is 13.7. The number of hydrazine groups is 1. The lowest BCUT2D eigenvalue weighted by atomic mass is 10.2. The van der Waals surface area contributed by atoms with Crippen molar-refractivity contribution in [3.63, 3.8) is 0 Å². The van der Waals surface area contributed by atoms with E-state index < -0.39 is 22.0 Å². The fourth-order valence-electron chi connectivity index (χ4n) is 2.91. The number of ether oxygens (including phenoxy) is 1. The van der Waals surface area contributed by atoms with E-state index in [4.69, 9.17) is 4.74 Å². The van der Waals surface area contributed by atoms with Crippen LogP contribution >= 0.6 is 0 Å². The summed E-state index contributed by atoms with van der Waals surface area (Å²) in [7, 11) is -3.50. The van der Waals surface area contributed by atoms with Gasteiger partial charge < -0.3 is 4.74 Å². The van der Waals surface area contributed by atoms with Crippen LogP contribution in [0.2, 0.25) is 0 Å². The molecule has 136 valence electrons. The molecule has 3 rings (SSSR count). The molecule has 2 saturated heterocycles. The van der Waals surface area contributed by atoms with Gasteiger partial charge in [0.25, 0.3) is 11.8 Å². The molecule has 0 saturated carbocycles. The highest BCUT2D eigenvalue weighted by molar-refractivity contribution is 7.89. The van der Waals surface area contributed by atoms with Crippen LogP contribution in [0.3, 0.4) is 0 Å². The molecule has 8 nitrogen and oxygen atoms in total. The number of carbonyl (C=O) groups is 2. The van der Waals surface area contributed by atoms with Crippen molar-refractivity contribution in [2.45, 2.75) is 36.7 Å². The monoisotopic (exact) mass is 367 g/mol. The van der Waals surface area contributed by atoms with E-state index in [0.717, 1.165) is 19.3 Å². The molecule has 1 aromatic carbocycles. The molecule has 0 aliphatic carbocycles. The smallest absolute Gasteiger partial charge is 0.269 e. The first-order valence-electron chi connectivity index (χ1n) is 8.30. The van der Waals surface area contributed by atoms with Crippen LogP contribution in [-0.2, 0) is 19.6 Å². The third kappa shape index (κ3) is 4.00. The summed E-state index contributed by atoms with van der Waals surface area (Å²) in [4.78, 5) is 24.0. The minimum atomic E-state index is -3.50. The van der Waals surface area contributed by atoms with E-state index in [0.29, 0.717) is 26.1 Å². The standard InChI is InChI=1S/C16H21N3O5S/c20-15(17-18-16(21)14-4-3-11-24-14)12-5-7-13(8-6-12)25(22,23)19-9-1-2-10-19/h5-8,14H,1-4,9-11H2,(H,17,20)(H,18,21)/t14-/m1/s1. The maximum Gasteiger partial charge on any atom is 0.269 e. The Morgan fingerprint density at radius 2 is 1.72 bits per heavy atom. The van der Waals surface area contributed by atoms with E-state index in [9.17, 15) is 18.0 Å². The first-order chi connectivity index (χ1) is 12.0. The molecule has 2 aliphatic heterocycles. The summed E-state index contributed by atoms with van der Waals surface area (Å²) < 4.78 is 31.5. The summed E-state index contributed by atoms with van der Waals surface area (Å²) in [6.45, 7) is 1.60. The maximum atomic E-state index is 12.4. The molecular weight excluding hydrogens is 346 g/mol. The van der Waals surface area contributed by atoms with Gasteiger partial charge in [-0.3, -0.25) is 20.4 Å². The Morgan fingerprint density at radius 1 is 1.04 bits per heavy atom. The zero-order valence-corrected chi connectivity index (χ0v) is 14.5. The molecule has 2 aliphatic rings. The summed E-state index contributed by atoms with van der Waals surface area (Å²) in [5.74, 6) is -0.907. The molecule has 25 heavy (non-hydrogen) atoms. The fourth-order valence-corrected chi connectivity index (χ4v) is 4.43. The predicted octanol–water partition coefficient (Wildman–Crippen LogP) is 0.411. The minimum Gasteiger partial charge on any atom is -0.368 e. The van der Waals surface area contributed by atoms with Crippen molar-refractivity contribution in [1.29, 1.82) is 0 Å². The van der Waals surface area contributed by atoms with Gasteiger partial charge in [0.05, 0.1) is 4.90 Å². The topological polar surface area (TPSA) is 105 Å². The van der Waals surface area contributed by atoms with Crippen LogP contribution in [0, 0.1) is 0 Å². The highest BCUT2D eigenvalue weighted by atomic mass is 32.2. The Kier molecular flexibility index (Phi) is 5.36. The fraction of sp³-hybridized carbons (Fsp3) is 0.500. The second-order valence-corrected chi connectivity index (χ2v) is 8.02. The molecule has 9 heteroatoms. The second-order valence-electron chi connectivity index (χ2n) is 6.08. The van der Waals surface area contributed by atoms with Gasteiger partial charge in [0.2, 0.25) is 10.0 Å². The van der Waals surface area contributed by atoms with Crippen LogP contribution in [0.4, 0.5) is 0 Å². The first kappa shape index (κ1) is 17.8. The summed E-state index contributed by atoms with van der Waals surface area (Å²) in [5, 5.41) is 0. The second kappa shape index (κ2) is 7.51. The Hall–Kier alpha value is -1.97. The van der Waals surface area contributed by atoms with Crippen molar-refractivity contribution < 1.29 is 22.7 Å². The number of nitrogens with one attached hydrogen (secondary N) is 2. The molecule has 0 unspecified atom stereocenters. The number of nitrogens with zero attached hydrogens (tertiary/aromatic N) is 1. The molecule has 2 amide bonds. The van der Waals surface area contributed by atoms with Crippen molar-refractivity contribution in [1.82, 2.24) is 15.2 Å². The number of sulfonamides is 1. The van der Waals surface area contributed by atoms with Gasteiger partial charge in [0.1, 0.15) is 6.10 Å². The lowest BCUT2D eigenvalue weighted by Gasteiger charge is -2.15. The SMILES string of the molecule is O=C(NNC(=O)[C@H]1CCCO1)c1ccc(S(=O)(=O)N2CCCC2)cc1. The Morgan fingerprint density at radius 3 is 2.32 bits per heavy atom. The quantitative estimate of drug-likeness (QED) is 0.750. The lowest BCUT2D eigenvalue weighted by molar-refractivity contribution is -0.130. The molecule has 0 bridgehead atoms. The average molecular weight is 367 g/mol. The van der Waals surface area contributed by atoms with E-state index >= 15 is 0 Å². The van der Waals surface area contributed by atoms with Crippen LogP contribution in [0.5, 0.6) is 0 Å². The van der Waals surface area contributed by atoms with Crippen molar-refractivity contribution >= 4 is 21.8 Å². The maximum absolute atomic E-state index is 12.4. The number of hydrogen-bond acceptors (Lipinski definition) is 5. The third-order valence-corrected chi connectivity index (χ3v) is 6.25. The highest BCUT2D eigenvalue weighted by Crippen LogP contribution is 2.21. The number of benzene rings is 1. The van der Waals surface area contributed by atoms with Crippen molar-refractivity contribution in [3.8, 4) is 0 Å². The first-order valence-corrected chi connectivity index (χ1v) is 9.74. The van der Waals surface area contributed by atoms with E-state index in [-0.39, 0.29) is 16.4 Å². The van der Waals surface area contributed by atoms with Crippen molar-refractivity contribution in [2.75, 3.05) is 19.7 Å². The normalized spacial score (nSPS) is 21.2. The van der Waals surface area contributed by atoms with Gasteiger partial charge >= 0.3 is 0 Å².